The highest BCUT2D eigenvalue weighted by molar-refractivity contribution is 7.91. The van der Waals surface area contributed by atoms with Crippen molar-refractivity contribution >= 4 is 15.8 Å². The van der Waals surface area contributed by atoms with Gasteiger partial charge in [0.05, 0.1) is 10.5 Å². The summed E-state index contributed by atoms with van der Waals surface area (Å²) in [5, 5.41) is 3.81. The molecule has 2 aromatic carbocycles. The monoisotopic (exact) mass is 408 g/mol. The molecule has 0 aliphatic heterocycles. The van der Waals surface area contributed by atoms with Crippen LogP contribution in [0, 0.1) is 6.92 Å². The van der Waals surface area contributed by atoms with Crippen LogP contribution in [0.4, 0.5) is 8.78 Å². The summed E-state index contributed by atoms with van der Waals surface area (Å²) in [5.41, 5.74) is 1.81. The minimum Gasteiger partial charge on any atom is -0.452 e. The maximum Gasteiger partial charge on any atom is 0.341 e. The van der Waals surface area contributed by atoms with Crippen molar-refractivity contribution in [1.82, 2.24) is 10.1 Å². The third-order valence-corrected chi connectivity index (χ3v) is 5.16. The number of rotatable bonds is 6. The van der Waals surface area contributed by atoms with Crippen LogP contribution < -0.4 is 0 Å². The first-order valence-corrected chi connectivity index (χ1v) is 9.51. The van der Waals surface area contributed by atoms with Crippen LogP contribution in [0.2, 0.25) is 0 Å². The molecule has 1 heterocycles. The van der Waals surface area contributed by atoms with E-state index in [0.29, 0.717) is 5.82 Å². The summed E-state index contributed by atoms with van der Waals surface area (Å²) >= 11 is 0. The summed E-state index contributed by atoms with van der Waals surface area (Å²) in [4.78, 5) is 15.6. The Balaban J connectivity index is 1.64. The Labute approximate surface area is 158 Å². The second-order valence-corrected chi connectivity index (χ2v) is 7.70. The van der Waals surface area contributed by atoms with Crippen molar-refractivity contribution in [2.75, 3.05) is 0 Å². The molecule has 10 heteroatoms. The molecule has 0 N–H and O–H groups in total. The van der Waals surface area contributed by atoms with Crippen LogP contribution in [0.3, 0.4) is 0 Å². The fraction of sp³-hybridized carbons (Fsp3) is 0.167. The van der Waals surface area contributed by atoms with E-state index in [1.807, 2.05) is 31.2 Å². The number of carbonyl (C=O) groups excluding carboxylic acids is 1. The fourth-order valence-electron chi connectivity index (χ4n) is 2.23. The van der Waals surface area contributed by atoms with Crippen molar-refractivity contribution in [3.8, 4) is 11.4 Å². The lowest BCUT2D eigenvalue weighted by Gasteiger charge is -2.05. The molecule has 0 amide bonds. The molecule has 28 heavy (non-hydrogen) atoms. The summed E-state index contributed by atoms with van der Waals surface area (Å²) in [5.74, 6) is -3.92. The van der Waals surface area contributed by atoms with Gasteiger partial charge in [-0.25, -0.2) is 13.2 Å². The number of carbonyl (C=O) groups is 1. The molecule has 0 saturated carbocycles. The van der Waals surface area contributed by atoms with E-state index in [0.717, 1.165) is 35.4 Å². The van der Waals surface area contributed by atoms with Gasteiger partial charge in [0, 0.05) is 5.56 Å². The summed E-state index contributed by atoms with van der Waals surface area (Å²) in [6.07, 6.45) is 0. The third-order valence-electron chi connectivity index (χ3n) is 3.76. The van der Waals surface area contributed by atoms with Gasteiger partial charge < -0.3 is 9.26 Å². The second kappa shape index (κ2) is 7.85. The average molecular weight is 408 g/mol. The predicted octanol–water partition coefficient (Wildman–Crippen LogP) is 3.40. The first kappa shape index (κ1) is 19.6. The SMILES string of the molecule is Cc1ccc(-c2noc(COC(=O)c3ccc(S(=O)(=O)C(F)F)cc3)n2)cc1. The Hall–Kier alpha value is -3.14. The number of esters is 1. The van der Waals surface area contributed by atoms with Gasteiger partial charge in [0.15, 0.2) is 6.61 Å². The number of hydrogen-bond acceptors (Lipinski definition) is 7. The molecule has 0 radical (unpaired) electrons. The number of hydrogen-bond donors (Lipinski definition) is 0. The van der Waals surface area contributed by atoms with E-state index in [1.165, 1.54) is 0 Å². The van der Waals surface area contributed by atoms with Crippen LogP contribution in [-0.2, 0) is 21.2 Å². The van der Waals surface area contributed by atoms with E-state index in [-0.39, 0.29) is 18.1 Å². The predicted molar refractivity (Wildman–Crippen MR) is 93.2 cm³/mol. The molecule has 3 aromatic rings. The van der Waals surface area contributed by atoms with E-state index in [1.54, 1.807) is 0 Å². The molecule has 0 unspecified atom stereocenters. The van der Waals surface area contributed by atoms with Gasteiger partial charge in [-0.1, -0.05) is 35.0 Å². The number of nitrogens with zero attached hydrogens (tertiary/aromatic N) is 2. The molecule has 7 nitrogen and oxygen atoms in total. The zero-order chi connectivity index (χ0) is 20.3. The zero-order valence-corrected chi connectivity index (χ0v) is 15.3. The van der Waals surface area contributed by atoms with Crippen LogP contribution >= 0.6 is 0 Å². The smallest absolute Gasteiger partial charge is 0.341 e. The molecule has 0 bridgehead atoms. The Morgan fingerprint density at radius 1 is 1.11 bits per heavy atom. The van der Waals surface area contributed by atoms with Crippen molar-refractivity contribution < 1.29 is 31.3 Å². The molecule has 0 aliphatic carbocycles. The van der Waals surface area contributed by atoms with E-state index >= 15 is 0 Å². The molecule has 1 aromatic heterocycles. The lowest BCUT2D eigenvalue weighted by atomic mass is 10.1. The lowest BCUT2D eigenvalue weighted by Crippen LogP contribution is -2.12. The van der Waals surface area contributed by atoms with Crippen molar-refractivity contribution in [1.29, 1.82) is 0 Å². The van der Waals surface area contributed by atoms with Crippen molar-refractivity contribution in [2.45, 2.75) is 24.2 Å². The standard InChI is InChI=1S/C18H14F2N2O5S/c1-11-2-4-12(5-3-11)16-21-15(27-22-16)10-26-17(23)13-6-8-14(9-7-13)28(24,25)18(19)20/h2-9,18H,10H2,1H3. The maximum absolute atomic E-state index is 12.5. The number of halogens is 2. The Kier molecular flexibility index (Phi) is 5.50. The average Bonchev–Trinajstić information content (AvgIpc) is 3.15. The number of aromatic nitrogens is 2. The molecule has 146 valence electrons. The molecule has 3 rings (SSSR count). The molecule has 0 fully saturated rings. The Morgan fingerprint density at radius 3 is 2.36 bits per heavy atom. The van der Waals surface area contributed by atoms with Crippen LogP contribution in [0.5, 0.6) is 0 Å². The quantitative estimate of drug-likeness (QED) is 0.576. The largest absolute Gasteiger partial charge is 0.452 e. The number of alkyl halides is 2. The normalized spacial score (nSPS) is 11.6. The van der Waals surface area contributed by atoms with Gasteiger partial charge >= 0.3 is 11.7 Å². The number of ether oxygens (including phenoxy) is 1. The Morgan fingerprint density at radius 2 is 1.75 bits per heavy atom. The van der Waals surface area contributed by atoms with E-state index < -0.39 is 26.5 Å². The van der Waals surface area contributed by atoms with E-state index in [2.05, 4.69) is 10.1 Å². The van der Waals surface area contributed by atoms with E-state index in [9.17, 15) is 22.0 Å². The highest BCUT2D eigenvalue weighted by atomic mass is 32.2. The van der Waals surface area contributed by atoms with Crippen molar-refractivity contribution in [3.63, 3.8) is 0 Å². The minimum atomic E-state index is -4.72. The number of benzene rings is 2. The maximum atomic E-state index is 12.5. The molecular formula is C18H14F2N2O5S. The summed E-state index contributed by atoms with van der Waals surface area (Å²) in [7, 11) is -4.72. The van der Waals surface area contributed by atoms with Crippen molar-refractivity contribution in [2.24, 2.45) is 0 Å². The van der Waals surface area contributed by atoms with Gasteiger partial charge in [-0.05, 0) is 31.2 Å². The highest BCUT2D eigenvalue weighted by Crippen LogP contribution is 2.20. The molecule has 0 spiro atoms. The topological polar surface area (TPSA) is 99.4 Å². The lowest BCUT2D eigenvalue weighted by molar-refractivity contribution is 0.0429. The molecule has 0 atom stereocenters. The molecule has 0 saturated heterocycles. The fourth-order valence-corrected chi connectivity index (χ4v) is 2.95. The summed E-state index contributed by atoms with van der Waals surface area (Å²) < 4.78 is 57.8. The zero-order valence-electron chi connectivity index (χ0n) is 14.5. The molecule has 0 aliphatic rings. The van der Waals surface area contributed by atoms with Gasteiger partial charge in [0.25, 0.3) is 5.89 Å². The molecular weight excluding hydrogens is 394 g/mol. The van der Waals surface area contributed by atoms with E-state index in [4.69, 9.17) is 9.26 Å². The van der Waals surface area contributed by atoms with Crippen LogP contribution in [-0.4, -0.2) is 30.3 Å². The van der Waals surface area contributed by atoms with Gasteiger partial charge in [0.2, 0.25) is 15.7 Å². The second-order valence-electron chi connectivity index (χ2n) is 5.78. The van der Waals surface area contributed by atoms with Crippen LogP contribution in [0.15, 0.2) is 57.9 Å². The van der Waals surface area contributed by atoms with Gasteiger partial charge in [-0.2, -0.15) is 13.8 Å². The van der Waals surface area contributed by atoms with Gasteiger partial charge in [0.1, 0.15) is 0 Å². The summed E-state index contributed by atoms with van der Waals surface area (Å²) in [6.45, 7) is 1.65. The number of sulfone groups is 1. The Bertz CT molecular complexity index is 1080. The van der Waals surface area contributed by atoms with Gasteiger partial charge in [-0.15, -0.1) is 0 Å². The minimum absolute atomic E-state index is 0.00788. The highest BCUT2D eigenvalue weighted by Gasteiger charge is 2.26. The third kappa shape index (κ3) is 4.22. The first-order valence-electron chi connectivity index (χ1n) is 7.96. The van der Waals surface area contributed by atoms with Crippen LogP contribution in [0.1, 0.15) is 21.8 Å². The van der Waals surface area contributed by atoms with Crippen molar-refractivity contribution in [3.05, 3.63) is 65.5 Å². The van der Waals surface area contributed by atoms with Gasteiger partial charge in [-0.3, -0.25) is 0 Å². The van der Waals surface area contributed by atoms with Crippen LogP contribution in [0.25, 0.3) is 11.4 Å². The summed E-state index contributed by atoms with van der Waals surface area (Å²) in [6, 6.07) is 11.4. The first-order chi connectivity index (χ1) is 13.3. The number of aryl methyl sites for hydroxylation is 1.